The smallest absolute Gasteiger partial charge is 0.246 e. The highest BCUT2D eigenvalue weighted by atomic mass is 32.2. The van der Waals surface area contributed by atoms with Crippen molar-refractivity contribution >= 4 is 29.5 Å². The maximum atomic E-state index is 12.8. The Balaban J connectivity index is 1.55. The molecule has 0 bridgehead atoms. The van der Waals surface area contributed by atoms with Crippen molar-refractivity contribution in [2.75, 3.05) is 31.9 Å². The molecule has 1 atom stereocenters. The predicted octanol–water partition coefficient (Wildman–Crippen LogP) is 1.49. The van der Waals surface area contributed by atoms with Crippen LogP contribution in [0.4, 0.5) is 0 Å². The van der Waals surface area contributed by atoms with Crippen LogP contribution in [-0.4, -0.2) is 70.2 Å². The van der Waals surface area contributed by atoms with Crippen LogP contribution in [0, 0.1) is 11.3 Å². The van der Waals surface area contributed by atoms with E-state index in [9.17, 15) is 14.4 Å². The number of carbonyl (C=O) groups excluding carboxylic acids is 3. The van der Waals surface area contributed by atoms with Gasteiger partial charge in [-0.2, -0.15) is 0 Å². The minimum Gasteiger partial charge on any atom is -0.342 e. The fourth-order valence-corrected chi connectivity index (χ4v) is 5.21. The molecule has 3 amide bonds. The monoisotopic (exact) mass is 381 g/mol. The van der Waals surface area contributed by atoms with E-state index in [1.807, 2.05) is 23.6 Å². The molecule has 3 aliphatic rings. The van der Waals surface area contributed by atoms with Crippen molar-refractivity contribution < 1.29 is 14.4 Å². The van der Waals surface area contributed by atoms with E-state index in [1.165, 1.54) is 0 Å². The predicted molar refractivity (Wildman–Crippen MR) is 103 cm³/mol. The number of rotatable bonds is 3. The van der Waals surface area contributed by atoms with E-state index in [2.05, 4.69) is 19.2 Å². The molecule has 7 heteroatoms. The normalized spacial score (nSPS) is 28.0. The second-order valence-corrected chi connectivity index (χ2v) is 10.7. The molecular formula is C19H31N3O3S. The Kier molecular flexibility index (Phi) is 5.30. The fourth-order valence-electron chi connectivity index (χ4n) is 4.21. The molecule has 3 saturated heterocycles. The van der Waals surface area contributed by atoms with Gasteiger partial charge < -0.3 is 15.1 Å². The van der Waals surface area contributed by atoms with E-state index in [1.54, 1.807) is 11.8 Å². The summed E-state index contributed by atoms with van der Waals surface area (Å²) < 4.78 is -0.465. The molecular weight excluding hydrogens is 350 g/mol. The van der Waals surface area contributed by atoms with Crippen molar-refractivity contribution in [2.45, 2.75) is 57.7 Å². The van der Waals surface area contributed by atoms with Gasteiger partial charge in [0.15, 0.2) is 0 Å². The summed E-state index contributed by atoms with van der Waals surface area (Å²) in [5.41, 5.74) is 0.0370. The highest BCUT2D eigenvalue weighted by molar-refractivity contribution is 8.01. The lowest BCUT2D eigenvalue weighted by molar-refractivity contribution is -0.138. The highest BCUT2D eigenvalue weighted by Gasteiger charge is 2.46. The zero-order valence-corrected chi connectivity index (χ0v) is 17.2. The first-order valence-electron chi connectivity index (χ1n) is 9.63. The Morgan fingerprint density at radius 1 is 1.27 bits per heavy atom. The van der Waals surface area contributed by atoms with E-state index >= 15 is 0 Å². The van der Waals surface area contributed by atoms with Crippen LogP contribution in [0.5, 0.6) is 0 Å². The number of piperidine rings is 1. The molecule has 1 spiro atoms. The molecule has 0 aromatic heterocycles. The summed E-state index contributed by atoms with van der Waals surface area (Å²) in [6, 6.07) is -0.419. The van der Waals surface area contributed by atoms with Crippen LogP contribution < -0.4 is 5.32 Å². The Hall–Kier alpha value is -1.24. The minimum atomic E-state index is -0.465. The lowest BCUT2D eigenvalue weighted by Gasteiger charge is -2.41. The van der Waals surface area contributed by atoms with Crippen LogP contribution in [0.25, 0.3) is 0 Å². The summed E-state index contributed by atoms with van der Waals surface area (Å²) in [6.45, 7) is 11.1. The Morgan fingerprint density at radius 3 is 2.50 bits per heavy atom. The van der Waals surface area contributed by atoms with Gasteiger partial charge in [0, 0.05) is 43.8 Å². The highest BCUT2D eigenvalue weighted by Crippen LogP contribution is 2.41. The summed E-state index contributed by atoms with van der Waals surface area (Å²) >= 11 is 1.54. The largest absolute Gasteiger partial charge is 0.342 e. The number of nitrogens with one attached hydrogen (secondary N) is 1. The zero-order valence-electron chi connectivity index (χ0n) is 16.3. The summed E-state index contributed by atoms with van der Waals surface area (Å²) in [6.07, 6.45) is 2.36. The van der Waals surface area contributed by atoms with Gasteiger partial charge in [-0.15, -0.1) is 11.8 Å². The molecule has 26 heavy (non-hydrogen) atoms. The molecule has 0 aromatic rings. The molecule has 6 nitrogen and oxygen atoms in total. The van der Waals surface area contributed by atoms with Crippen molar-refractivity contribution in [2.24, 2.45) is 11.3 Å². The number of carbonyl (C=O) groups is 3. The van der Waals surface area contributed by atoms with Crippen LogP contribution >= 0.6 is 11.8 Å². The topological polar surface area (TPSA) is 69.7 Å². The van der Waals surface area contributed by atoms with Gasteiger partial charge >= 0.3 is 0 Å². The van der Waals surface area contributed by atoms with Gasteiger partial charge in [-0.25, -0.2) is 0 Å². The Morgan fingerprint density at radius 2 is 1.92 bits per heavy atom. The first-order chi connectivity index (χ1) is 12.1. The van der Waals surface area contributed by atoms with Crippen molar-refractivity contribution in [3.05, 3.63) is 0 Å². The summed E-state index contributed by atoms with van der Waals surface area (Å²) in [4.78, 5) is 41.2. The van der Waals surface area contributed by atoms with Gasteiger partial charge in [0.05, 0.1) is 4.75 Å². The average Bonchev–Trinajstić information content (AvgIpc) is 2.85. The van der Waals surface area contributed by atoms with E-state index in [4.69, 9.17) is 0 Å². The Labute approximate surface area is 160 Å². The molecule has 3 fully saturated rings. The average molecular weight is 382 g/mol. The lowest BCUT2D eigenvalue weighted by atomic mass is 9.77. The first kappa shape index (κ1) is 19.5. The van der Waals surface area contributed by atoms with Gasteiger partial charge in [-0.3, -0.25) is 14.4 Å². The number of hydrogen-bond donors (Lipinski definition) is 1. The third-order valence-corrected chi connectivity index (χ3v) is 7.29. The molecule has 3 rings (SSSR count). The van der Waals surface area contributed by atoms with Crippen molar-refractivity contribution in [1.82, 2.24) is 15.1 Å². The number of nitrogens with zero attached hydrogens (tertiary/aromatic N) is 2. The molecule has 0 aromatic carbocycles. The van der Waals surface area contributed by atoms with Crippen molar-refractivity contribution in [1.29, 1.82) is 0 Å². The number of likely N-dealkylation sites (tertiary alicyclic amines) is 2. The van der Waals surface area contributed by atoms with Gasteiger partial charge in [-0.1, -0.05) is 13.8 Å². The maximum absolute atomic E-state index is 12.8. The molecule has 0 radical (unpaired) electrons. The van der Waals surface area contributed by atoms with Crippen LogP contribution in [-0.2, 0) is 14.4 Å². The molecule has 0 saturated carbocycles. The van der Waals surface area contributed by atoms with Gasteiger partial charge in [0.1, 0.15) is 6.04 Å². The lowest BCUT2D eigenvalue weighted by Crippen LogP contribution is -2.59. The molecule has 0 aliphatic carbocycles. The molecule has 3 heterocycles. The number of amides is 3. The Bertz CT molecular complexity index is 597. The number of thioether (sulfide) groups is 1. The number of hydrogen-bond acceptors (Lipinski definition) is 4. The van der Waals surface area contributed by atoms with E-state index in [-0.39, 0.29) is 23.1 Å². The summed E-state index contributed by atoms with van der Waals surface area (Å²) in [7, 11) is 0. The zero-order chi connectivity index (χ0) is 19.1. The van der Waals surface area contributed by atoms with Crippen molar-refractivity contribution in [3.8, 4) is 0 Å². The summed E-state index contributed by atoms with van der Waals surface area (Å²) in [5, 5.41) is 2.89. The van der Waals surface area contributed by atoms with Crippen molar-refractivity contribution in [3.63, 3.8) is 0 Å². The molecule has 0 unspecified atom stereocenters. The van der Waals surface area contributed by atoms with Gasteiger partial charge in [0.2, 0.25) is 17.7 Å². The quantitative estimate of drug-likeness (QED) is 0.804. The van der Waals surface area contributed by atoms with Gasteiger partial charge in [-0.05, 0) is 32.6 Å². The van der Waals surface area contributed by atoms with Crippen LogP contribution in [0.3, 0.4) is 0 Å². The second-order valence-electron chi connectivity index (χ2n) is 9.02. The SMILES string of the molecule is CC(C)CN1CC2(CCN(C(=O)[C@H]3CSC(C)(C)C(=O)N3)CC2)CC1=O. The maximum Gasteiger partial charge on any atom is 0.246 e. The van der Waals surface area contributed by atoms with Crippen LogP contribution in [0.1, 0.15) is 47.0 Å². The summed E-state index contributed by atoms with van der Waals surface area (Å²) in [5.74, 6) is 1.33. The minimum absolute atomic E-state index is 0.0274. The van der Waals surface area contributed by atoms with Gasteiger partial charge in [0.25, 0.3) is 0 Å². The molecule has 3 aliphatic heterocycles. The van der Waals surface area contributed by atoms with E-state index in [0.29, 0.717) is 31.2 Å². The van der Waals surface area contributed by atoms with Crippen LogP contribution in [0.2, 0.25) is 0 Å². The fraction of sp³-hybridized carbons (Fsp3) is 0.842. The molecule has 1 N–H and O–H groups in total. The first-order valence-corrected chi connectivity index (χ1v) is 10.6. The third kappa shape index (κ3) is 3.87. The van der Waals surface area contributed by atoms with Crippen LogP contribution in [0.15, 0.2) is 0 Å². The molecule has 146 valence electrons. The standard InChI is InChI=1S/C19H31N3O3S/c1-13(2)10-22-12-19(9-15(22)23)5-7-21(8-6-19)16(24)14-11-26-18(3,4)17(25)20-14/h13-14H,5-12H2,1-4H3,(H,20,25)/t14-/m1/s1. The van der Waals surface area contributed by atoms with E-state index in [0.717, 1.165) is 25.9 Å². The van der Waals surface area contributed by atoms with E-state index < -0.39 is 10.8 Å². The second kappa shape index (κ2) is 7.06. The third-order valence-electron chi connectivity index (χ3n) is 5.89.